The van der Waals surface area contributed by atoms with Gasteiger partial charge < -0.3 is 14.8 Å². The smallest absolute Gasteiger partial charge is 0.419 e. The summed E-state index contributed by atoms with van der Waals surface area (Å²) in [5, 5.41) is 2.89. The summed E-state index contributed by atoms with van der Waals surface area (Å²) in [6.45, 7) is 1.01. The van der Waals surface area contributed by atoms with Crippen LogP contribution in [0.1, 0.15) is 47.2 Å². The molecule has 0 spiro atoms. The van der Waals surface area contributed by atoms with Gasteiger partial charge >= 0.3 is 6.18 Å². The molecule has 0 aliphatic carbocycles. The summed E-state index contributed by atoms with van der Waals surface area (Å²) in [6, 6.07) is 8.72. The molecule has 0 radical (unpaired) electrons. The fourth-order valence-corrected chi connectivity index (χ4v) is 5.06. The van der Waals surface area contributed by atoms with Crippen LogP contribution in [0.4, 0.5) is 17.6 Å². The van der Waals surface area contributed by atoms with Gasteiger partial charge in [0.25, 0.3) is 5.91 Å². The highest BCUT2D eigenvalue weighted by molar-refractivity contribution is 5.94. The Kier molecular flexibility index (Phi) is 5.23. The van der Waals surface area contributed by atoms with Crippen LogP contribution in [0.2, 0.25) is 0 Å². The lowest BCUT2D eigenvalue weighted by Crippen LogP contribution is -2.50. The first-order chi connectivity index (χ1) is 15.3. The van der Waals surface area contributed by atoms with E-state index in [1.807, 2.05) is 18.2 Å². The van der Waals surface area contributed by atoms with Crippen LogP contribution in [0.5, 0.6) is 11.5 Å². The number of ether oxygens (including phenoxy) is 2. The van der Waals surface area contributed by atoms with E-state index in [0.29, 0.717) is 24.2 Å². The summed E-state index contributed by atoms with van der Waals surface area (Å²) in [7, 11) is 0. The Hall–Kier alpha value is -2.81. The van der Waals surface area contributed by atoms with E-state index < -0.39 is 23.5 Å². The maximum atomic E-state index is 13.8. The predicted octanol–water partition coefficient (Wildman–Crippen LogP) is 4.50. The Labute approximate surface area is 182 Å². The van der Waals surface area contributed by atoms with Gasteiger partial charge in [-0.05, 0) is 61.6 Å². The van der Waals surface area contributed by atoms with E-state index in [1.54, 1.807) is 0 Å². The van der Waals surface area contributed by atoms with E-state index in [4.69, 9.17) is 9.47 Å². The molecule has 2 fully saturated rings. The zero-order valence-corrected chi connectivity index (χ0v) is 17.1. The molecule has 2 bridgehead atoms. The number of nitrogens with one attached hydrogen (secondary N) is 1. The Bertz CT molecular complexity index is 1030. The molecule has 32 heavy (non-hydrogen) atoms. The number of amides is 1. The SMILES string of the molecule is O=C(NC1CC2CCC(C1)N2Cc1ccc2c(c1)OCO2)c1ccc(C(F)(F)F)c(F)c1. The Morgan fingerprint density at radius 1 is 1.03 bits per heavy atom. The highest BCUT2D eigenvalue weighted by Crippen LogP contribution is 2.39. The van der Waals surface area contributed by atoms with Gasteiger partial charge in [-0.2, -0.15) is 13.2 Å². The monoisotopic (exact) mass is 450 g/mol. The number of benzene rings is 2. The molecule has 9 heteroatoms. The number of piperidine rings is 1. The summed E-state index contributed by atoms with van der Waals surface area (Å²) >= 11 is 0. The van der Waals surface area contributed by atoms with Crippen molar-refractivity contribution < 1.29 is 31.8 Å². The Morgan fingerprint density at radius 3 is 2.44 bits per heavy atom. The molecule has 2 aromatic carbocycles. The van der Waals surface area contributed by atoms with Crippen molar-refractivity contribution in [1.29, 1.82) is 0 Å². The summed E-state index contributed by atoms with van der Waals surface area (Å²) in [4.78, 5) is 15.0. The van der Waals surface area contributed by atoms with Crippen molar-refractivity contribution in [2.75, 3.05) is 6.79 Å². The van der Waals surface area contributed by atoms with Crippen LogP contribution in [0.15, 0.2) is 36.4 Å². The van der Waals surface area contributed by atoms with Crippen LogP contribution < -0.4 is 14.8 Å². The van der Waals surface area contributed by atoms with E-state index in [9.17, 15) is 22.4 Å². The molecule has 3 aliphatic rings. The van der Waals surface area contributed by atoms with Gasteiger partial charge in [-0.3, -0.25) is 9.69 Å². The van der Waals surface area contributed by atoms with E-state index in [0.717, 1.165) is 55.4 Å². The minimum Gasteiger partial charge on any atom is -0.454 e. The van der Waals surface area contributed by atoms with E-state index in [-0.39, 0.29) is 18.4 Å². The third-order valence-corrected chi connectivity index (χ3v) is 6.56. The van der Waals surface area contributed by atoms with Crippen molar-refractivity contribution in [2.24, 2.45) is 0 Å². The molecule has 2 atom stereocenters. The average Bonchev–Trinajstić information content (AvgIpc) is 3.28. The van der Waals surface area contributed by atoms with Crippen LogP contribution in [0.3, 0.4) is 0 Å². The molecular weight excluding hydrogens is 428 g/mol. The van der Waals surface area contributed by atoms with E-state index in [1.165, 1.54) is 0 Å². The van der Waals surface area contributed by atoms with Gasteiger partial charge in [0.2, 0.25) is 6.79 Å². The molecular formula is C23H22F4N2O3. The summed E-state index contributed by atoms with van der Waals surface area (Å²) in [5.74, 6) is -0.492. The molecule has 3 aliphatic heterocycles. The minimum atomic E-state index is -4.79. The minimum absolute atomic E-state index is 0.0987. The molecule has 1 amide bonds. The second kappa shape index (κ2) is 7.95. The maximum Gasteiger partial charge on any atom is 0.419 e. The van der Waals surface area contributed by atoms with Gasteiger partial charge in [-0.25, -0.2) is 4.39 Å². The number of fused-ring (bicyclic) bond motifs is 3. The molecule has 2 saturated heterocycles. The van der Waals surface area contributed by atoms with Crippen LogP contribution in [0, 0.1) is 5.82 Å². The molecule has 170 valence electrons. The Balaban J connectivity index is 1.22. The van der Waals surface area contributed by atoms with E-state index in [2.05, 4.69) is 10.2 Å². The lowest BCUT2D eigenvalue weighted by Gasteiger charge is -2.39. The predicted molar refractivity (Wildman–Crippen MR) is 107 cm³/mol. The van der Waals surface area contributed by atoms with Crippen LogP contribution >= 0.6 is 0 Å². The largest absolute Gasteiger partial charge is 0.454 e. The fourth-order valence-electron chi connectivity index (χ4n) is 5.06. The van der Waals surface area contributed by atoms with Crippen molar-refractivity contribution in [3.63, 3.8) is 0 Å². The highest BCUT2D eigenvalue weighted by atomic mass is 19.4. The maximum absolute atomic E-state index is 13.8. The highest BCUT2D eigenvalue weighted by Gasteiger charge is 2.41. The molecule has 1 N–H and O–H groups in total. The first-order valence-electron chi connectivity index (χ1n) is 10.6. The lowest BCUT2D eigenvalue weighted by molar-refractivity contribution is -0.140. The first-order valence-corrected chi connectivity index (χ1v) is 10.6. The number of carbonyl (C=O) groups is 1. The van der Waals surface area contributed by atoms with Gasteiger partial charge in [-0.15, -0.1) is 0 Å². The number of rotatable bonds is 4. The van der Waals surface area contributed by atoms with Crippen molar-refractivity contribution in [1.82, 2.24) is 10.2 Å². The van der Waals surface area contributed by atoms with Crippen molar-refractivity contribution in [3.05, 3.63) is 58.9 Å². The molecule has 2 aromatic rings. The topological polar surface area (TPSA) is 50.8 Å². The fraction of sp³-hybridized carbons (Fsp3) is 0.435. The Morgan fingerprint density at radius 2 is 1.75 bits per heavy atom. The number of hydrogen-bond donors (Lipinski definition) is 1. The molecule has 2 unspecified atom stereocenters. The number of hydrogen-bond acceptors (Lipinski definition) is 4. The summed E-state index contributed by atoms with van der Waals surface area (Å²) in [5.41, 5.74) is -0.344. The van der Waals surface area contributed by atoms with Crippen molar-refractivity contribution in [3.8, 4) is 11.5 Å². The number of halogens is 4. The van der Waals surface area contributed by atoms with E-state index >= 15 is 0 Å². The number of alkyl halides is 3. The average molecular weight is 450 g/mol. The standard InChI is InChI=1S/C23H22F4N2O3/c24-19-8-14(2-5-18(19)23(25,26)27)22(30)28-15-9-16-3-4-17(10-15)29(16)11-13-1-6-20-21(7-13)32-12-31-20/h1-2,5-8,15-17H,3-4,9-12H2,(H,28,30). The molecule has 3 heterocycles. The summed E-state index contributed by atoms with van der Waals surface area (Å²) in [6.07, 6.45) is -1.25. The van der Waals surface area contributed by atoms with Crippen molar-refractivity contribution >= 4 is 5.91 Å². The van der Waals surface area contributed by atoms with Crippen molar-refractivity contribution in [2.45, 2.75) is 56.5 Å². The van der Waals surface area contributed by atoms with Crippen LogP contribution in [-0.4, -0.2) is 35.7 Å². The number of carbonyl (C=O) groups excluding carboxylic acids is 1. The zero-order chi connectivity index (χ0) is 22.5. The molecule has 0 saturated carbocycles. The second-order valence-electron chi connectivity index (χ2n) is 8.58. The van der Waals surface area contributed by atoms with Gasteiger partial charge in [-0.1, -0.05) is 6.07 Å². The second-order valence-corrected chi connectivity index (χ2v) is 8.58. The molecule has 5 rings (SSSR count). The molecule has 0 aromatic heterocycles. The van der Waals surface area contributed by atoms with Gasteiger partial charge in [0.1, 0.15) is 5.82 Å². The van der Waals surface area contributed by atoms with Gasteiger partial charge in [0, 0.05) is 30.2 Å². The van der Waals surface area contributed by atoms with Crippen LogP contribution in [-0.2, 0) is 12.7 Å². The normalized spacial score (nSPS) is 24.6. The zero-order valence-electron chi connectivity index (χ0n) is 17.1. The van der Waals surface area contributed by atoms with Crippen LogP contribution in [0.25, 0.3) is 0 Å². The number of nitrogens with zero attached hydrogens (tertiary/aromatic N) is 1. The summed E-state index contributed by atoms with van der Waals surface area (Å²) < 4.78 is 62.9. The molecule has 5 nitrogen and oxygen atoms in total. The third-order valence-electron chi connectivity index (χ3n) is 6.56. The third kappa shape index (κ3) is 4.01. The lowest BCUT2D eigenvalue weighted by atomic mass is 9.96. The quantitative estimate of drug-likeness (QED) is 0.697. The van der Waals surface area contributed by atoms with Gasteiger partial charge in [0.15, 0.2) is 11.5 Å². The first kappa shape index (κ1) is 21.1. The van der Waals surface area contributed by atoms with Gasteiger partial charge in [0.05, 0.1) is 5.56 Å².